The number of carboxylic acids is 2. The molecular formula is C12H8N2O4Pd+2. The molecular weight excluding hydrogens is 343 g/mol. The second kappa shape index (κ2) is 6.18. The largest absolute Gasteiger partial charge is 2.00 e. The molecule has 2 N–H and O–H groups in total. The van der Waals surface area contributed by atoms with Crippen molar-refractivity contribution in [1.29, 1.82) is 0 Å². The van der Waals surface area contributed by atoms with Gasteiger partial charge in [-0.15, -0.1) is 0 Å². The molecule has 0 aromatic carbocycles. The van der Waals surface area contributed by atoms with Crippen molar-refractivity contribution in [2.45, 2.75) is 0 Å². The van der Waals surface area contributed by atoms with Gasteiger partial charge in [0.1, 0.15) is 11.4 Å². The van der Waals surface area contributed by atoms with Crippen molar-refractivity contribution in [1.82, 2.24) is 9.97 Å². The van der Waals surface area contributed by atoms with Gasteiger partial charge < -0.3 is 10.2 Å². The minimum atomic E-state index is -1.18. The van der Waals surface area contributed by atoms with Crippen LogP contribution < -0.4 is 0 Å². The molecule has 0 saturated carbocycles. The molecule has 0 spiro atoms. The van der Waals surface area contributed by atoms with Gasteiger partial charge in [-0.25, -0.2) is 9.59 Å². The van der Waals surface area contributed by atoms with Crippen molar-refractivity contribution in [3.8, 4) is 11.4 Å². The standard InChI is InChI=1S/C12H8N2O4.Pd/c15-11(16)7-3-1-5-13-9(7)10-8(12(17)18)4-2-6-14-10;/h1-6H,(H,15,16)(H,17,18);/q;+2. The molecule has 2 aromatic heterocycles. The number of rotatable bonds is 3. The number of pyridine rings is 2. The molecule has 19 heavy (non-hydrogen) atoms. The van der Waals surface area contributed by atoms with Gasteiger partial charge in [0.2, 0.25) is 0 Å². The molecule has 0 bridgehead atoms. The van der Waals surface area contributed by atoms with E-state index in [9.17, 15) is 9.59 Å². The van der Waals surface area contributed by atoms with Gasteiger partial charge in [0, 0.05) is 12.4 Å². The first-order valence-corrected chi connectivity index (χ1v) is 4.98. The molecule has 7 heteroatoms. The van der Waals surface area contributed by atoms with Crippen molar-refractivity contribution < 1.29 is 40.2 Å². The summed E-state index contributed by atoms with van der Waals surface area (Å²) in [5.41, 5.74) is -0.0802. The molecule has 0 unspecified atom stereocenters. The van der Waals surface area contributed by atoms with E-state index in [1.54, 1.807) is 0 Å². The molecule has 0 saturated heterocycles. The van der Waals surface area contributed by atoms with Crippen molar-refractivity contribution in [3.63, 3.8) is 0 Å². The van der Waals surface area contributed by atoms with Gasteiger partial charge >= 0.3 is 32.4 Å². The van der Waals surface area contributed by atoms with Gasteiger partial charge in [0.15, 0.2) is 0 Å². The van der Waals surface area contributed by atoms with E-state index in [1.165, 1.54) is 36.7 Å². The average molecular weight is 351 g/mol. The Bertz CT molecular complexity index is 575. The zero-order chi connectivity index (χ0) is 13.1. The van der Waals surface area contributed by atoms with Gasteiger partial charge in [0.25, 0.3) is 0 Å². The van der Waals surface area contributed by atoms with E-state index in [1.807, 2.05) is 0 Å². The fourth-order valence-corrected chi connectivity index (χ4v) is 1.53. The van der Waals surface area contributed by atoms with Crippen molar-refractivity contribution in [2.75, 3.05) is 0 Å². The summed E-state index contributed by atoms with van der Waals surface area (Å²) in [5, 5.41) is 18.1. The zero-order valence-electron chi connectivity index (χ0n) is 9.39. The smallest absolute Gasteiger partial charge is 0.478 e. The average Bonchev–Trinajstić information content (AvgIpc) is 2.38. The second-order valence-corrected chi connectivity index (χ2v) is 3.41. The van der Waals surface area contributed by atoms with Crippen LogP contribution in [0.15, 0.2) is 36.7 Å². The number of carbonyl (C=O) groups is 2. The predicted octanol–water partition coefficient (Wildman–Crippen LogP) is 1.54. The number of nitrogens with zero attached hydrogens (tertiary/aromatic N) is 2. The fourth-order valence-electron chi connectivity index (χ4n) is 1.53. The summed E-state index contributed by atoms with van der Waals surface area (Å²) in [6.45, 7) is 0. The molecule has 2 rings (SSSR count). The van der Waals surface area contributed by atoms with E-state index in [-0.39, 0.29) is 42.9 Å². The van der Waals surface area contributed by atoms with Gasteiger partial charge in [-0.1, -0.05) is 0 Å². The van der Waals surface area contributed by atoms with E-state index in [0.29, 0.717) is 0 Å². The maximum absolute atomic E-state index is 11.1. The first kappa shape index (κ1) is 15.0. The Labute approximate surface area is 121 Å². The molecule has 0 aliphatic rings. The van der Waals surface area contributed by atoms with Gasteiger partial charge in [-0.05, 0) is 24.3 Å². The number of aromatic carboxylic acids is 2. The summed E-state index contributed by atoms with van der Waals surface area (Å²) in [7, 11) is 0. The number of aromatic nitrogens is 2. The fraction of sp³-hybridized carbons (Fsp3) is 0. The van der Waals surface area contributed by atoms with Crippen LogP contribution in [0.1, 0.15) is 20.7 Å². The maximum Gasteiger partial charge on any atom is 2.00 e. The predicted molar refractivity (Wildman–Crippen MR) is 61.4 cm³/mol. The number of carboxylic acid groups (broad SMARTS) is 2. The number of hydrogen-bond acceptors (Lipinski definition) is 4. The van der Waals surface area contributed by atoms with Crippen LogP contribution in [0.25, 0.3) is 11.4 Å². The Morgan fingerprint density at radius 1 is 0.842 bits per heavy atom. The van der Waals surface area contributed by atoms with E-state index in [4.69, 9.17) is 10.2 Å². The van der Waals surface area contributed by atoms with Crippen LogP contribution in [0, 0.1) is 0 Å². The first-order valence-electron chi connectivity index (χ1n) is 4.98. The van der Waals surface area contributed by atoms with Crippen molar-refractivity contribution in [2.24, 2.45) is 0 Å². The molecule has 0 atom stereocenters. The Balaban J connectivity index is 0.00000180. The number of hydrogen-bond donors (Lipinski definition) is 2. The molecule has 0 fully saturated rings. The second-order valence-electron chi connectivity index (χ2n) is 3.41. The third-order valence-corrected chi connectivity index (χ3v) is 2.30. The SMILES string of the molecule is O=C(O)c1cccnc1-c1ncccc1C(=O)O.[Pd+2]. The van der Waals surface area contributed by atoms with Crippen LogP contribution in [0.2, 0.25) is 0 Å². The van der Waals surface area contributed by atoms with Crippen LogP contribution in [-0.2, 0) is 20.4 Å². The molecule has 0 radical (unpaired) electrons. The summed E-state index contributed by atoms with van der Waals surface area (Å²) >= 11 is 0. The topological polar surface area (TPSA) is 100 Å². The molecule has 2 aromatic rings. The van der Waals surface area contributed by atoms with Gasteiger partial charge in [0.05, 0.1) is 11.1 Å². The Hall–Kier alpha value is -2.10. The molecule has 2 heterocycles. The van der Waals surface area contributed by atoms with E-state index in [2.05, 4.69) is 9.97 Å². The molecule has 98 valence electrons. The minimum Gasteiger partial charge on any atom is -0.478 e. The first-order chi connectivity index (χ1) is 8.61. The van der Waals surface area contributed by atoms with Crippen molar-refractivity contribution in [3.05, 3.63) is 47.8 Å². The summed E-state index contributed by atoms with van der Waals surface area (Å²) in [4.78, 5) is 29.9. The maximum atomic E-state index is 11.1. The van der Waals surface area contributed by atoms with Crippen molar-refractivity contribution >= 4 is 11.9 Å². The Kier molecular flexibility index (Phi) is 4.87. The van der Waals surface area contributed by atoms with E-state index >= 15 is 0 Å². The molecule has 0 aliphatic heterocycles. The van der Waals surface area contributed by atoms with Crippen LogP contribution in [0.4, 0.5) is 0 Å². The normalized spacial score (nSPS) is 9.47. The van der Waals surface area contributed by atoms with E-state index < -0.39 is 11.9 Å². The van der Waals surface area contributed by atoms with Crippen LogP contribution in [-0.4, -0.2) is 32.1 Å². The van der Waals surface area contributed by atoms with Crippen LogP contribution >= 0.6 is 0 Å². The summed E-state index contributed by atoms with van der Waals surface area (Å²) in [6.07, 6.45) is 2.78. The Morgan fingerprint density at radius 2 is 1.21 bits per heavy atom. The molecule has 0 amide bonds. The molecule has 6 nitrogen and oxygen atoms in total. The Morgan fingerprint density at radius 3 is 1.53 bits per heavy atom. The van der Waals surface area contributed by atoms with Gasteiger partial charge in [-0.3, -0.25) is 9.97 Å². The van der Waals surface area contributed by atoms with Crippen LogP contribution in [0.3, 0.4) is 0 Å². The molecule has 0 aliphatic carbocycles. The van der Waals surface area contributed by atoms with Crippen LogP contribution in [0.5, 0.6) is 0 Å². The third-order valence-electron chi connectivity index (χ3n) is 2.30. The zero-order valence-corrected chi connectivity index (χ0v) is 10.9. The summed E-state index contributed by atoms with van der Waals surface area (Å²) in [6, 6.07) is 5.64. The quantitative estimate of drug-likeness (QED) is 0.814. The third kappa shape index (κ3) is 3.02. The summed E-state index contributed by atoms with van der Waals surface area (Å²) in [5.74, 6) is -2.36. The van der Waals surface area contributed by atoms with E-state index in [0.717, 1.165) is 0 Å². The van der Waals surface area contributed by atoms with Gasteiger partial charge in [-0.2, -0.15) is 0 Å². The minimum absolute atomic E-state index is 0. The monoisotopic (exact) mass is 350 g/mol. The summed E-state index contributed by atoms with van der Waals surface area (Å²) < 4.78 is 0.